The predicted octanol–water partition coefficient (Wildman–Crippen LogP) is 3.40. The van der Waals surface area contributed by atoms with E-state index in [2.05, 4.69) is 10.4 Å². The highest BCUT2D eigenvalue weighted by molar-refractivity contribution is 7.10. The zero-order valence-corrected chi connectivity index (χ0v) is 13.6. The van der Waals surface area contributed by atoms with Crippen molar-refractivity contribution in [3.05, 3.63) is 70.3 Å². The Bertz CT molecular complexity index is 871. The topological polar surface area (TPSA) is 75.1 Å². The number of carbonyl (C=O) groups is 1. The summed E-state index contributed by atoms with van der Waals surface area (Å²) in [5.74, 6) is -0.500. The lowest BCUT2D eigenvalue weighted by Gasteiger charge is -2.13. The molecule has 0 unspecified atom stereocenters. The van der Waals surface area contributed by atoms with Crippen molar-refractivity contribution < 1.29 is 10.0 Å². The molecular weight excluding hydrogens is 322 g/mol. The SMILES string of the molecule is O=C(NO)c1ccc(C2(c3nc(-c4cccnc4)cs3)CC2)cc1. The number of rotatable bonds is 4. The van der Waals surface area contributed by atoms with E-state index in [9.17, 15) is 4.79 Å². The molecule has 2 heterocycles. The first-order valence-electron chi connectivity index (χ1n) is 7.64. The van der Waals surface area contributed by atoms with E-state index in [0.717, 1.165) is 34.7 Å². The highest BCUT2D eigenvalue weighted by atomic mass is 32.1. The van der Waals surface area contributed by atoms with E-state index < -0.39 is 5.91 Å². The van der Waals surface area contributed by atoms with E-state index in [1.807, 2.05) is 30.5 Å². The molecule has 24 heavy (non-hydrogen) atoms. The summed E-state index contributed by atoms with van der Waals surface area (Å²) < 4.78 is 0. The maximum Gasteiger partial charge on any atom is 0.274 e. The molecule has 0 radical (unpaired) electrons. The molecule has 5 nitrogen and oxygen atoms in total. The molecule has 6 heteroatoms. The van der Waals surface area contributed by atoms with Crippen LogP contribution in [0.25, 0.3) is 11.3 Å². The highest BCUT2D eigenvalue weighted by Crippen LogP contribution is 2.54. The summed E-state index contributed by atoms with van der Waals surface area (Å²) in [6, 6.07) is 11.3. The molecule has 0 aliphatic heterocycles. The summed E-state index contributed by atoms with van der Waals surface area (Å²) in [4.78, 5) is 20.4. The van der Waals surface area contributed by atoms with Gasteiger partial charge in [-0.15, -0.1) is 11.3 Å². The number of amides is 1. The van der Waals surface area contributed by atoms with Gasteiger partial charge < -0.3 is 0 Å². The van der Waals surface area contributed by atoms with Gasteiger partial charge >= 0.3 is 0 Å². The molecule has 0 atom stereocenters. The Balaban J connectivity index is 1.64. The largest absolute Gasteiger partial charge is 0.288 e. The molecule has 1 aromatic carbocycles. The summed E-state index contributed by atoms with van der Waals surface area (Å²) in [6.07, 6.45) is 5.68. The van der Waals surface area contributed by atoms with Crippen LogP contribution in [0.5, 0.6) is 0 Å². The van der Waals surface area contributed by atoms with Crippen LogP contribution < -0.4 is 5.48 Å². The molecule has 2 N–H and O–H groups in total. The molecular formula is C18H15N3O2S. The number of benzene rings is 1. The Morgan fingerprint density at radius 2 is 2.00 bits per heavy atom. The number of nitrogens with one attached hydrogen (secondary N) is 1. The zero-order chi connectivity index (χ0) is 16.6. The maximum absolute atomic E-state index is 11.4. The lowest BCUT2D eigenvalue weighted by atomic mass is 9.95. The van der Waals surface area contributed by atoms with Crippen LogP contribution >= 0.6 is 11.3 Å². The summed E-state index contributed by atoms with van der Waals surface area (Å²) in [5, 5.41) is 11.9. The monoisotopic (exact) mass is 337 g/mol. The van der Waals surface area contributed by atoms with Gasteiger partial charge in [-0.1, -0.05) is 12.1 Å². The normalized spacial score (nSPS) is 15.0. The van der Waals surface area contributed by atoms with E-state index in [1.54, 1.807) is 35.1 Å². The first-order chi connectivity index (χ1) is 11.7. The van der Waals surface area contributed by atoms with Crippen LogP contribution in [-0.2, 0) is 5.41 Å². The Kier molecular flexibility index (Phi) is 3.63. The second-order valence-electron chi connectivity index (χ2n) is 5.88. The number of hydrogen-bond donors (Lipinski definition) is 2. The summed E-state index contributed by atoms with van der Waals surface area (Å²) in [5.41, 5.74) is 5.17. The quantitative estimate of drug-likeness (QED) is 0.565. The zero-order valence-electron chi connectivity index (χ0n) is 12.8. The smallest absolute Gasteiger partial charge is 0.274 e. The van der Waals surface area contributed by atoms with Gasteiger partial charge in [0.05, 0.1) is 5.69 Å². The van der Waals surface area contributed by atoms with Gasteiger partial charge in [0, 0.05) is 34.3 Å². The van der Waals surface area contributed by atoms with E-state index in [-0.39, 0.29) is 5.41 Å². The molecule has 1 amide bonds. The maximum atomic E-state index is 11.4. The van der Waals surface area contributed by atoms with Crippen molar-refractivity contribution in [2.75, 3.05) is 0 Å². The van der Waals surface area contributed by atoms with E-state index in [1.165, 1.54) is 0 Å². The van der Waals surface area contributed by atoms with Crippen molar-refractivity contribution in [1.29, 1.82) is 0 Å². The average Bonchev–Trinajstić information content (AvgIpc) is 3.31. The number of thiazole rings is 1. The van der Waals surface area contributed by atoms with Gasteiger partial charge in [0.25, 0.3) is 5.91 Å². The average molecular weight is 337 g/mol. The van der Waals surface area contributed by atoms with Gasteiger partial charge in [-0.05, 0) is 42.7 Å². The molecule has 1 fully saturated rings. The van der Waals surface area contributed by atoms with Gasteiger partial charge in [-0.3, -0.25) is 15.0 Å². The van der Waals surface area contributed by atoms with Crippen molar-refractivity contribution >= 4 is 17.2 Å². The number of hydrogen-bond acceptors (Lipinski definition) is 5. The van der Waals surface area contributed by atoms with Crippen LogP contribution in [-0.4, -0.2) is 21.1 Å². The molecule has 0 saturated heterocycles. The Morgan fingerprint density at radius 3 is 2.62 bits per heavy atom. The first kappa shape index (κ1) is 15.0. The second-order valence-corrected chi connectivity index (χ2v) is 6.74. The molecule has 3 aromatic rings. The minimum absolute atomic E-state index is 0.0423. The lowest BCUT2D eigenvalue weighted by molar-refractivity contribution is 0.0706. The molecule has 1 aliphatic rings. The third-order valence-electron chi connectivity index (χ3n) is 4.42. The molecule has 1 saturated carbocycles. The first-order valence-corrected chi connectivity index (χ1v) is 8.52. The summed E-state index contributed by atoms with van der Waals surface area (Å²) in [6.45, 7) is 0. The van der Waals surface area contributed by atoms with Gasteiger partial charge in [0.1, 0.15) is 5.01 Å². The van der Waals surface area contributed by atoms with Crippen molar-refractivity contribution in [1.82, 2.24) is 15.4 Å². The number of pyridine rings is 1. The molecule has 4 rings (SSSR count). The van der Waals surface area contributed by atoms with E-state index >= 15 is 0 Å². The minimum Gasteiger partial charge on any atom is -0.288 e. The Labute approximate surface area is 143 Å². The second kappa shape index (κ2) is 5.81. The minimum atomic E-state index is -0.500. The van der Waals surface area contributed by atoms with Crippen LogP contribution in [0.1, 0.15) is 33.8 Å². The van der Waals surface area contributed by atoms with Crippen LogP contribution in [0, 0.1) is 0 Å². The number of nitrogens with zero attached hydrogens (tertiary/aromatic N) is 2. The molecule has 120 valence electrons. The van der Waals surface area contributed by atoms with Crippen LogP contribution in [0.4, 0.5) is 0 Å². The summed E-state index contributed by atoms with van der Waals surface area (Å²) >= 11 is 1.67. The standard InChI is InChI=1S/C18H15N3O2S/c22-16(21-23)12-3-5-14(6-4-12)18(7-8-18)17-20-15(11-24-17)13-2-1-9-19-10-13/h1-6,9-11,23H,7-8H2,(H,21,22). The van der Waals surface area contributed by atoms with Gasteiger partial charge in [0.2, 0.25) is 0 Å². The number of aromatic nitrogens is 2. The van der Waals surface area contributed by atoms with Crippen LogP contribution in [0.2, 0.25) is 0 Å². The summed E-state index contributed by atoms with van der Waals surface area (Å²) in [7, 11) is 0. The Hall–Kier alpha value is -2.57. The molecule has 2 aromatic heterocycles. The van der Waals surface area contributed by atoms with Crippen LogP contribution in [0.15, 0.2) is 54.2 Å². The van der Waals surface area contributed by atoms with Crippen molar-refractivity contribution in [2.24, 2.45) is 0 Å². The van der Waals surface area contributed by atoms with Gasteiger partial charge in [-0.25, -0.2) is 10.5 Å². The fourth-order valence-corrected chi connectivity index (χ4v) is 4.01. The third kappa shape index (κ3) is 2.50. The third-order valence-corrected chi connectivity index (χ3v) is 5.47. The van der Waals surface area contributed by atoms with E-state index in [4.69, 9.17) is 10.2 Å². The van der Waals surface area contributed by atoms with Crippen molar-refractivity contribution in [3.8, 4) is 11.3 Å². The molecule has 0 spiro atoms. The fourth-order valence-electron chi connectivity index (χ4n) is 2.90. The Morgan fingerprint density at radius 1 is 1.21 bits per heavy atom. The van der Waals surface area contributed by atoms with Gasteiger partial charge in [0.15, 0.2) is 0 Å². The van der Waals surface area contributed by atoms with Crippen molar-refractivity contribution in [2.45, 2.75) is 18.3 Å². The van der Waals surface area contributed by atoms with E-state index in [0.29, 0.717) is 5.56 Å². The molecule has 0 bridgehead atoms. The van der Waals surface area contributed by atoms with Crippen LogP contribution in [0.3, 0.4) is 0 Å². The highest BCUT2D eigenvalue weighted by Gasteiger charge is 2.48. The van der Waals surface area contributed by atoms with Crippen molar-refractivity contribution in [3.63, 3.8) is 0 Å². The lowest BCUT2D eigenvalue weighted by Crippen LogP contribution is -2.18. The predicted molar refractivity (Wildman–Crippen MR) is 91.1 cm³/mol. The number of carbonyl (C=O) groups excluding carboxylic acids is 1. The fraction of sp³-hybridized carbons (Fsp3) is 0.167. The van der Waals surface area contributed by atoms with Gasteiger partial charge in [-0.2, -0.15) is 0 Å². The molecule has 1 aliphatic carbocycles. The number of hydroxylamine groups is 1.